The molecule has 4 atom stereocenters. The Balaban J connectivity index is 0.000000315. The third kappa shape index (κ3) is 24.5. The number of phenolic OH excluding ortho intramolecular Hbond substituents is 1. The second-order valence-electron chi connectivity index (χ2n) is 24.1. The number of phenols is 1. The summed E-state index contributed by atoms with van der Waals surface area (Å²) in [7, 11) is 1.66. The van der Waals surface area contributed by atoms with E-state index >= 15 is 0 Å². The van der Waals surface area contributed by atoms with Gasteiger partial charge in [-0.2, -0.15) is 0 Å². The number of thioether (sulfide) groups is 1. The molecule has 4 aromatic carbocycles. The van der Waals surface area contributed by atoms with Crippen molar-refractivity contribution in [1.82, 2.24) is 35.1 Å². The summed E-state index contributed by atoms with van der Waals surface area (Å²) in [5, 5.41) is 32.9. The van der Waals surface area contributed by atoms with Crippen molar-refractivity contribution < 1.29 is 81.8 Å². The molecule has 1 unspecified atom stereocenters. The highest BCUT2D eigenvalue weighted by Gasteiger charge is 2.39. The van der Waals surface area contributed by atoms with Crippen LogP contribution in [0.1, 0.15) is 110 Å². The maximum absolute atomic E-state index is 14.1. The molecule has 0 bridgehead atoms. The third-order valence-electron chi connectivity index (χ3n) is 16.1. The van der Waals surface area contributed by atoms with Gasteiger partial charge in [0, 0.05) is 136 Å². The molecule has 0 radical (unpaired) electrons. The number of ether oxygens (including phenoxy) is 5. The first kappa shape index (κ1) is 82.9. The number of nitrogens with one attached hydrogen (secondary N) is 5. The highest BCUT2D eigenvalue weighted by atomic mass is 128. The van der Waals surface area contributed by atoms with E-state index in [0.29, 0.717) is 47.8 Å². The number of carbonyl (C=O) groups is 10. The van der Waals surface area contributed by atoms with Crippen LogP contribution in [0.4, 0.5) is 36.2 Å². The molecule has 32 heteroatoms. The zero-order chi connectivity index (χ0) is 74.4. The first-order chi connectivity index (χ1) is 49.0. The number of fused-ring (bicyclic) bond motifs is 4. The van der Waals surface area contributed by atoms with Crippen LogP contribution in [0.2, 0.25) is 0 Å². The lowest BCUT2D eigenvalue weighted by Gasteiger charge is -2.24. The minimum Gasteiger partial charge on any atom is -0.508 e. The average molecular weight is 1680 g/mol. The number of carbonyl (C=O) groups excluding carboxylic acids is 10. The minimum absolute atomic E-state index is 0.0158. The second-order valence-corrected chi connectivity index (χ2v) is 25.7. The van der Waals surface area contributed by atoms with Crippen LogP contribution in [-0.2, 0) is 44.7 Å². The molecule has 0 spiro atoms. The predicted molar refractivity (Wildman–Crippen MR) is 405 cm³/mol. The molecule has 0 saturated carbocycles. The number of aliphatic hydroxyl groups excluding tert-OH is 1. The van der Waals surface area contributed by atoms with E-state index in [9.17, 15) is 53.1 Å². The number of Topliss-reactive ketones (excluding diaryl/α,β-unsaturated/α-hetero) is 1. The molecule has 1 fully saturated rings. The monoisotopic (exact) mass is 1680 g/mol. The van der Waals surface area contributed by atoms with Gasteiger partial charge in [-0.25, -0.2) is 24.2 Å². The van der Waals surface area contributed by atoms with Crippen molar-refractivity contribution in [3.63, 3.8) is 0 Å². The number of aromatic hydroxyl groups is 1. The van der Waals surface area contributed by atoms with Crippen molar-refractivity contribution >= 4 is 154 Å². The van der Waals surface area contributed by atoms with Crippen LogP contribution in [0.5, 0.6) is 11.5 Å². The van der Waals surface area contributed by atoms with Gasteiger partial charge in [-0.3, -0.25) is 33.7 Å². The number of amides is 10. The number of aromatic nitrogens is 2. The fourth-order valence-electron chi connectivity index (χ4n) is 11.1. The molecule has 9 N–H and O–H groups in total. The van der Waals surface area contributed by atoms with Gasteiger partial charge in [-0.1, -0.05) is 58.0 Å². The van der Waals surface area contributed by atoms with Gasteiger partial charge in [-0.05, 0) is 115 Å². The number of rotatable bonds is 34. The van der Waals surface area contributed by atoms with Crippen LogP contribution in [-0.4, -0.2) is 191 Å². The number of urea groups is 1. The number of alkyl carbamates (subject to hydrolysis) is 1. The lowest BCUT2D eigenvalue weighted by Crippen LogP contribution is -2.46. The number of benzene rings is 4. The number of nitrogens with zero attached hydrogens (tertiary/aromatic N) is 5. The molecule has 6 aromatic rings. The normalized spacial score (nSPS) is 14.3. The molecular formula is C70H88ClI2N11O17S. The summed E-state index contributed by atoms with van der Waals surface area (Å²) >= 11 is 12.2. The minimum atomic E-state index is -0.952. The standard InChI is InChI=1S/C36H56N6O10S.C34H32ClN5O7.I2/c1-6-15-41(5)36(49)52-23-25-10-12-27(13-11-25)39-32(45)26(9-8-14-38-34(37)47)21-28(43)31(24(3)4)40-35(48)51-19-18-50-17-16-42-30(44)22-29(33(42)46)53-20-7-2;1-20-3-2-4-25-28(47-34(45)36-11-13-46-14-12-41)15-27-31(30(20)25)22(16-35)17-40(27)33(44)26-19-39-18-23(7-10-29(39)38-26)37-32(43)21-5-8-24(42)9-6-21;1-2/h10-13,24,26,29,31H,6-9,14-23H2,1-5H3,(H,39,45)(H,40,48)(H3,37,38,47);2-10,15,18-19,22,41-42H,11-14,16-17H2,1H3,(H,36,45)(H,37,43);/t26-,29?,31+;22-;/m11./s1. The van der Waals surface area contributed by atoms with Crippen LogP contribution in [0.3, 0.4) is 0 Å². The van der Waals surface area contributed by atoms with Crippen LogP contribution >= 0.6 is 60.6 Å². The van der Waals surface area contributed by atoms with E-state index in [0.717, 1.165) is 46.1 Å². The van der Waals surface area contributed by atoms with Gasteiger partial charge in [0.2, 0.25) is 17.7 Å². The van der Waals surface area contributed by atoms with Crippen molar-refractivity contribution in [2.24, 2.45) is 17.6 Å². The van der Waals surface area contributed by atoms with Crippen molar-refractivity contribution in [1.29, 1.82) is 0 Å². The summed E-state index contributed by atoms with van der Waals surface area (Å²) in [6, 6.07) is 21.8. The summed E-state index contributed by atoms with van der Waals surface area (Å²) in [6.07, 6.45) is 3.63. The Morgan fingerprint density at radius 3 is 2.25 bits per heavy atom. The number of ketones is 1. The van der Waals surface area contributed by atoms with Gasteiger partial charge in [-0.15, -0.1) is 23.4 Å². The Labute approximate surface area is 624 Å². The maximum atomic E-state index is 14.1. The van der Waals surface area contributed by atoms with E-state index in [1.165, 1.54) is 45.8 Å². The van der Waals surface area contributed by atoms with Gasteiger partial charge < -0.3 is 80.4 Å². The number of nitrogens with two attached hydrogens (primary N) is 1. The summed E-state index contributed by atoms with van der Waals surface area (Å²) in [6.45, 7) is 11.2. The van der Waals surface area contributed by atoms with E-state index in [2.05, 4.69) is 68.8 Å². The highest BCUT2D eigenvalue weighted by molar-refractivity contribution is 15.0. The molecule has 28 nitrogen and oxygen atoms in total. The summed E-state index contributed by atoms with van der Waals surface area (Å²) < 4.78 is 28.6. The molecule has 2 aromatic heterocycles. The maximum Gasteiger partial charge on any atom is 0.412 e. The highest BCUT2D eigenvalue weighted by Crippen LogP contribution is 2.47. The van der Waals surface area contributed by atoms with Gasteiger partial charge >= 0.3 is 24.3 Å². The Hall–Kier alpha value is -8.09. The molecular weight excluding hydrogens is 1590 g/mol. The van der Waals surface area contributed by atoms with Crippen molar-refractivity contribution in [3.8, 4) is 11.5 Å². The van der Waals surface area contributed by atoms with Gasteiger partial charge in [0.1, 0.15) is 36.1 Å². The number of anilines is 3. The number of alkyl halides is 1. The topological polar surface area (TPSA) is 370 Å². The van der Waals surface area contributed by atoms with Crippen LogP contribution in [0.25, 0.3) is 16.4 Å². The lowest BCUT2D eigenvalue weighted by molar-refractivity contribution is -0.139. The summed E-state index contributed by atoms with van der Waals surface area (Å²) in [5.41, 5.74) is 10.3. The van der Waals surface area contributed by atoms with Crippen LogP contribution < -0.4 is 42.0 Å². The van der Waals surface area contributed by atoms with E-state index in [1.807, 2.05) is 39.0 Å². The molecule has 2 aliphatic heterocycles. The number of pyridine rings is 1. The smallest absolute Gasteiger partial charge is 0.412 e. The SMILES string of the molecule is CCCSC1CC(=O)N(CCOCCOC(=O)N[C@H](C(=O)C[C@@H](CCCNC(N)=O)C(=O)Nc2ccc(COC(=O)N(C)CCC)cc2)C(C)C)C1=O.Cc1cccc2c(OC(=O)NCCOCCO)cc3c(c12)[C@H](CCl)CN3C(=O)c1cn2cc(NC(=O)c3ccc(O)cc3)ccc2n1.II. The fourth-order valence-corrected chi connectivity index (χ4v) is 12.4. The number of likely N-dealkylation sites (tertiary alicyclic amines) is 1. The Morgan fingerprint density at radius 2 is 1.57 bits per heavy atom. The summed E-state index contributed by atoms with van der Waals surface area (Å²) in [5.74, 6) is -1.84. The Kier molecular flexibility index (Phi) is 34.5. The number of hydrogen-bond donors (Lipinski definition) is 8. The number of hydrogen-bond acceptors (Lipinski definition) is 19. The first-order valence-electron chi connectivity index (χ1n) is 33.2. The van der Waals surface area contributed by atoms with Crippen molar-refractivity contribution in [2.45, 2.75) is 97.0 Å². The number of imidazole rings is 1. The lowest BCUT2D eigenvalue weighted by atomic mass is 9.89. The molecule has 552 valence electrons. The van der Waals surface area contributed by atoms with E-state index < -0.39 is 42.2 Å². The van der Waals surface area contributed by atoms with Crippen molar-refractivity contribution in [3.05, 3.63) is 125 Å². The molecule has 1 saturated heterocycles. The van der Waals surface area contributed by atoms with Gasteiger partial charge in [0.15, 0.2) is 5.78 Å². The number of primary amides is 1. The van der Waals surface area contributed by atoms with Gasteiger partial charge in [0.25, 0.3) is 11.8 Å². The number of halogens is 3. The number of aryl methyl sites for hydroxylation is 1. The van der Waals surface area contributed by atoms with E-state index in [1.54, 1.807) is 85.1 Å². The van der Waals surface area contributed by atoms with Gasteiger partial charge in [0.05, 0.1) is 62.2 Å². The zero-order valence-electron chi connectivity index (χ0n) is 57.6. The fraction of sp³-hybridized carbons (Fsp3) is 0.443. The first-order valence-corrected chi connectivity index (χ1v) is 41.0. The molecule has 4 heterocycles. The average Bonchev–Trinajstić information content (AvgIpc) is 1.56. The molecule has 10 amide bonds. The molecule has 8 rings (SSSR count). The van der Waals surface area contributed by atoms with E-state index in [-0.39, 0.29) is 155 Å². The van der Waals surface area contributed by atoms with Crippen LogP contribution in [0, 0.1) is 18.8 Å². The van der Waals surface area contributed by atoms with Crippen LogP contribution in [0.15, 0.2) is 97.3 Å². The number of aliphatic hydroxyl groups is 1. The summed E-state index contributed by atoms with van der Waals surface area (Å²) in [4.78, 5) is 136. The Morgan fingerprint density at radius 1 is 0.843 bits per heavy atom. The predicted octanol–water partition coefficient (Wildman–Crippen LogP) is 10.3. The van der Waals surface area contributed by atoms with E-state index in [4.69, 9.17) is 46.1 Å². The largest absolute Gasteiger partial charge is 0.508 e. The quantitative estimate of drug-likeness (QED) is 0.00805. The molecule has 102 heavy (non-hydrogen) atoms. The Bertz CT molecular complexity index is 3850. The second kappa shape index (κ2) is 42.5. The zero-order valence-corrected chi connectivity index (χ0v) is 63.5. The number of imide groups is 1. The molecule has 0 aliphatic carbocycles. The van der Waals surface area contributed by atoms with Crippen molar-refractivity contribution in [2.75, 3.05) is 107 Å². The third-order valence-corrected chi connectivity index (χ3v) is 17.9. The molecule has 2 aliphatic rings.